The number of rotatable bonds is 6. The van der Waals surface area contributed by atoms with Crippen LogP contribution in [0.15, 0.2) is 24.3 Å². The molecular formula is C16H26N2O2. The van der Waals surface area contributed by atoms with E-state index in [-0.39, 0.29) is 6.10 Å². The van der Waals surface area contributed by atoms with Gasteiger partial charge < -0.3 is 9.84 Å². The van der Waals surface area contributed by atoms with Crippen LogP contribution in [0.1, 0.15) is 11.1 Å². The summed E-state index contributed by atoms with van der Waals surface area (Å²) in [7, 11) is 2.06. The van der Waals surface area contributed by atoms with Crippen LogP contribution in [0, 0.1) is 6.92 Å². The van der Waals surface area contributed by atoms with E-state index in [2.05, 4.69) is 48.0 Å². The standard InChI is InChI=1S/C16H26N2O2/c1-14-3-5-15(6-4-14)11-17(2)12-16(19)13-18-7-9-20-10-8-18/h3-6,16,19H,7-13H2,1-2H3. The highest BCUT2D eigenvalue weighted by Gasteiger charge is 2.16. The van der Waals surface area contributed by atoms with Gasteiger partial charge in [-0.15, -0.1) is 0 Å². The molecule has 0 radical (unpaired) electrons. The fourth-order valence-electron chi connectivity index (χ4n) is 2.57. The van der Waals surface area contributed by atoms with E-state index in [0.717, 1.165) is 39.4 Å². The number of likely N-dealkylation sites (N-methyl/N-ethyl adjacent to an activating group) is 1. The number of ether oxygens (including phenoxy) is 1. The minimum Gasteiger partial charge on any atom is -0.390 e. The Bertz CT molecular complexity index is 388. The van der Waals surface area contributed by atoms with Crippen molar-refractivity contribution in [2.24, 2.45) is 0 Å². The molecule has 1 fully saturated rings. The van der Waals surface area contributed by atoms with Crippen LogP contribution in [0.25, 0.3) is 0 Å². The monoisotopic (exact) mass is 278 g/mol. The Balaban J connectivity index is 1.72. The van der Waals surface area contributed by atoms with Gasteiger partial charge in [-0.25, -0.2) is 0 Å². The Hall–Kier alpha value is -0.940. The number of aliphatic hydroxyl groups excluding tert-OH is 1. The first kappa shape index (κ1) is 15.4. The van der Waals surface area contributed by atoms with Gasteiger partial charge in [-0.3, -0.25) is 9.80 Å². The van der Waals surface area contributed by atoms with Crippen molar-refractivity contribution in [2.45, 2.75) is 19.6 Å². The van der Waals surface area contributed by atoms with Crippen LogP contribution in [0.5, 0.6) is 0 Å². The van der Waals surface area contributed by atoms with Crippen LogP contribution in [0.3, 0.4) is 0 Å². The van der Waals surface area contributed by atoms with Crippen LogP contribution < -0.4 is 0 Å². The van der Waals surface area contributed by atoms with Crippen LogP contribution in [0.2, 0.25) is 0 Å². The lowest BCUT2D eigenvalue weighted by Crippen LogP contribution is -2.43. The molecule has 0 amide bonds. The Kier molecular flexibility index (Phi) is 5.98. The van der Waals surface area contributed by atoms with Gasteiger partial charge in [-0.05, 0) is 19.5 Å². The molecule has 1 saturated heterocycles. The molecular weight excluding hydrogens is 252 g/mol. The lowest BCUT2D eigenvalue weighted by atomic mass is 10.1. The molecule has 20 heavy (non-hydrogen) atoms. The summed E-state index contributed by atoms with van der Waals surface area (Å²) in [4.78, 5) is 4.45. The molecule has 1 aliphatic heterocycles. The third-order valence-corrected chi connectivity index (χ3v) is 3.67. The maximum absolute atomic E-state index is 10.2. The van der Waals surface area contributed by atoms with Gasteiger partial charge in [0.2, 0.25) is 0 Å². The topological polar surface area (TPSA) is 35.9 Å². The molecule has 112 valence electrons. The number of hydrogen-bond donors (Lipinski definition) is 1. The zero-order valence-electron chi connectivity index (χ0n) is 12.6. The van der Waals surface area contributed by atoms with Crippen molar-refractivity contribution < 1.29 is 9.84 Å². The minimum absolute atomic E-state index is 0.302. The van der Waals surface area contributed by atoms with E-state index in [1.807, 2.05) is 0 Å². The Morgan fingerprint density at radius 2 is 1.90 bits per heavy atom. The van der Waals surface area contributed by atoms with E-state index in [4.69, 9.17) is 4.74 Å². The van der Waals surface area contributed by atoms with Crippen LogP contribution in [0.4, 0.5) is 0 Å². The average molecular weight is 278 g/mol. The van der Waals surface area contributed by atoms with Crippen LogP contribution in [-0.4, -0.2) is 67.5 Å². The van der Waals surface area contributed by atoms with Crippen LogP contribution >= 0.6 is 0 Å². The van der Waals surface area contributed by atoms with E-state index in [9.17, 15) is 5.11 Å². The number of aliphatic hydroxyl groups is 1. The van der Waals surface area contributed by atoms with Gasteiger partial charge >= 0.3 is 0 Å². The first-order valence-corrected chi connectivity index (χ1v) is 7.36. The number of nitrogens with zero attached hydrogens (tertiary/aromatic N) is 2. The quantitative estimate of drug-likeness (QED) is 0.846. The van der Waals surface area contributed by atoms with Crippen molar-refractivity contribution in [2.75, 3.05) is 46.4 Å². The van der Waals surface area contributed by atoms with Gasteiger partial charge in [0.15, 0.2) is 0 Å². The van der Waals surface area contributed by atoms with E-state index < -0.39 is 0 Å². The van der Waals surface area contributed by atoms with E-state index in [1.54, 1.807) is 0 Å². The summed E-state index contributed by atoms with van der Waals surface area (Å²) in [6, 6.07) is 8.57. The third kappa shape index (κ3) is 5.21. The molecule has 0 spiro atoms. The van der Waals surface area contributed by atoms with Gasteiger partial charge in [-0.2, -0.15) is 0 Å². The highest BCUT2D eigenvalue weighted by atomic mass is 16.5. The van der Waals surface area contributed by atoms with Gasteiger partial charge in [0.05, 0.1) is 19.3 Å². The van der Waals surface area contributed by atoms with Gasteiger partial charge in [0, 0.05) is 32.7 Å². The fourth-order valence-corrected chi connectivity index (χ4v) is 2.57. The first-order valence-electron chi connectivity index (χ1n) is 7.36. The first-order chi connectivity index (χ1) is 9.63. The van der Waals surface area contributed by atoms with Crippen molar-refractivity contribution in [1.82, 2.24) is 9.80 Å². The predicted octanol–water partition coefficient (Wildman–Crippen LogP) is 1.12. The molecule has 2 rings (SSSR count). The minimum atomic E-state index is -0.302. The number of β-amino-alcohol motifs (C(OH)–C–C–N with tert-alkyl or cyclic N) is 1. The molecule has 1 N–H and O–H groups in total. The normalized spacial score (nSPS) is 18.4. The molecule has 0 bridgehead atoms. The van der Waals surface area contributed by atoms with Gasteiger partial charge in [-0.1, -0.05) is 29.8 Å². The maximum Gasteiger partial charge on any atom is 0.0793 e. The number of aryl methyl sites for hydroxylation is 1. The summed E-state index contributed by atoms with van der Waals surface area (Å²) in [6.07, 6.45) is -0.302. The zero-order valence-corrected chi connectivity index (χ0v) is 12.6. The molecule has 4 heteroatoms. The lowest BCUT2D eigenvalue weighted by Gasteiger charge is -2.30. The molecule has 0 saturated carbocycles. The van der Waals surface area contributed by atoms with Crippen LogP contribution in [-0.2, 0) is 11.3 Å². The fraction of sp³-hybridized carbons (Fsp3) is 0.625. The van der Waals surface area contributed by atoms with Crippen molar-refractivity contribution in [1.29, 1.82) is 0 Å². The summed E-state index contributed by atoms with van der Waals surface area (Å²) < 4.78 is 5.32. The zero-order chi connectivity index (χ0) is 14.4. The number of benzene rings is 1. The molecule has 0 aromatic heterocycles. The largest absolute Gasteiger partial charge is 0.390 e. The second-order valence-electron chi connectivity index (χ2n) is 5.75. The lowest BCUT2D eigenvalue weighted by molar-refractivity contribution is 0.00825. The van der Waals surface area contributed by atoms with Gasteiger partial charge in [0.25, 0.3) is 0 Å². The SMILES string of the molecule is Cc1ccc(CN(C)CC(O)CN2CCOCC2)cc1. The summed E-state index contributed by atoms with van der Waals surface area (Å²) in [5, 5.41) is 10.2. The number of hydrogen-bond acceptors (Lipinski definition) is 4. The second-order valence-corrected chi connectivity index (χ2v) is 5.75. The summed E-state index contributed by atoms with van der Waals surface area (Å²) >= 11 is 0. The summed E-state index contributed by atoms with van der Waals surface area (Å²) in [5.74, 6) is 0. The van der Waals surface area contributed by atoms with Crippen molar-refractivity contribution in [3.05, 3.63) is 35.4 Å². The summed E-state index contributed by atoms with van der Waals surface area (Å²) in [6.45, 7) is 7.84. The predicted molar refractivity (Wildman–Crippen MR) is 80.8 cm³/mol. The second kappa shape index (κ2) is 7.74. The Labute approximate surface area is 122 Å². The molecule has 1 aromatic rings. The highest BCUT2D eigenvalue weighted by molar-refractivity contribution is 5.21. The molecule has 0 aliphatic carbocycles. The van der Waals surface area contributed by atoms with Gasteiger partial charge in [0.1, 0.15) is 0 Å². The smallest absolute Gasteiger partial charge is 0.0793 e. The third-order valence-electron chi connectivity index (χ3n) is 3.67. The van der Waals surface area contributed by atoms with Crippen molar-refractivity contribution in [3.8, 4) is 0 Å². The van der Waals surface area contributed by atoms with E-state index >= 15 is 0 Å². The van der Waals surface area contributed by atoms with Crippen molar-refractivity contribution in [3.63, 3.8) is 0 Å². The van der Waals surface area contributed by atoms with E-state index in [0.29, 0.717) is 6.54 Å². The Morgan fingerprint density at radius 1 is 1.25 bits per heavy atom. The number of morpholine rings is 1. The summed E-state index contributed by atoms with van der Waals surface area (Å²) in [5.41, 5.74) is 2.57. The molecule has 1 atom stereocenters. The maximum atomic E-state index is 10.2. The van der Waals surface area contributed by atoms with Crippen molar-refractivity contribution >= 4 is 0 Å². The average Bonchev–Trinajstić information content (AvgIpc) is 2.42. The molecule has 1 aromatic carbocycles. The van der Waals surface area contributed by atoms with E-state index in [1.165, 1.54) is 11.1 Å². The highest BCUT2D eigenvalue weighted by Crippen LogP contribution is 2.07. The molecule has 1 heterocycles. The molecule has 4 nitrogen and oxygen atoms in total. The molecule has 1 unspecified atom stereocenters. The molecule has 1 aliphatic rings. The Morgan fingerprint density at radius 3 is 2.55 bits per heavy atom.